The molecular formula is C52H69BrF4N12O10. The van der Waals surface area contributed by atoms with Crippen molar-refractivity contribution in [3.63, 3.8) is 0 Å². The Bertz CT molecular complexity index is 3120. The van der Waals surface area contributed by atoms with Crippen LogP contribution >= 0.6 is 15.9 Å². The maximum absolute atomic E-state index is 13.4. The first kappa shape index (κ1) is 70.1. The summed E-state index contributed by atoms with van der Waals surface area (Å²) in [7, 11) is 4.36. The van der Waals surface area contributed by atoms with Crippen LogP contribution in [0.4, 0.5) is 61.3 Å². The number of allylic oxidation sites excluding steroid dienone is 2. The number of methoxy groups -OCH3 is 3. The maximum Gasteiger partial charge on any atom is 0.412 e. The third-order valence-corrected chi connectivity index (χ3v) is 8.37. The molecule has 0 aliphatic heterocycles. The van der Waals surface area contributed by atoms with Gasteiger partial charge in [0, 0.05) is 48.9 Å². The Morgan fingerprint density at radius 1 is 0.646 bits per heavy atom. The van der Waals surface area contributed by atoms with Crippen molar-refractivity contribution in [2.45, 2.75) is 86.5 Å². The van der Waals surface area contributed by atoms with Crippen molar-refractivity contribution in [3.05, 3.63) is 158 Å². The molecule has 0 unspecified atom stereocenters. The molecule has 432 valence electrons. The second-order valence-corrected chi connectivity index (χ2v) is 19.1. The number of rotatable bonds is 7. The summed E-state index contributed by atoms with van der Waals surface area (Å²) in [5, 5.41) is 4.83. The van der Waals surface area contributed by atoms with E-state index < -0.39 is 63.3 Å². The van der Waals surface area contributed by atoms with Gasteiger partial charge >= 0.3 is 12.2 Å². The number of pyridine rings is 6. The number of anilines is 6. The van der Waals surface area contributed by atoms with E-state index in [0.29, 0.717) is 28.8 Å². The predicted octanol–water partition coefficient (Wildman–Crippen LogP) is 9.91. The molecule has 6 aromatic rings. The van der Waals surface area contributed by atoms with E-state index in [1.807, 2.05) is 20.8 Å². The predicted molar refractivity (Wildman–Crippen MR) is 303 cm³/mol. The lowest BCUT2D eigenvalue weighted by Crippen LogP contribution is -2.27. The highest BCUT2D eigenvalue weighted by Gasteiger charge is 2.20. The minimum Gasteiger partial charge on any atom is -0.480 e. The number of carbonyl (C=O) groups excluding carboxylic acids is 2. The molecule has 0 fully saturated rings. The molecule has 6 heterocycles. The summed E-state index contributed by atoms with van der Waals surface area (Å²) in [5.74, 6) is -1.84. The minimum atomic E-state index is -0.761. The lowest BCUT2D eigenvalue weighted by Gasteiger charge is -2.20. The molecule has 27 heteroatoms. The average molecular weight is 1180 g/mol. The highest BCUT2D eigenvalue weighted by Crippen LogP contribution is 2.25. The van der Waals surface area contributed by atoms with E-state index in [4.69, 9.17) is 46.6 Å². The van der Waals surface area contributed by atoms with Gasteiger partial charge < -0.3 is 56.2 Å². The molecule has 0 aliphatic rings. The third-order valence-electron chi connectivity index (χ3n) is 8.37. The molecule has 0 bridgehead atoms. The number of nitrogens with two attached hydrogens (primary N) is 4. The number of nitrogen functional groups attached to an aromatic ring is 4. The van der Waals surface area contributed by atoms with Gasteiger partial charge in [-0.3, -0.25) is 29.6 Å². The first-order chi connectivity index (χ1) is 36.6. The zero-order valence-corrected chi connectivity index (χ0v) is 47.7. The molecule has 2 amide bonds. The topological polar surface area (TPSA) is 324 Å². The van der Waals surface area contributed by atoms with Gasteiger partial charge in [0.15, 0.2) is 23.3 Å². The molecule has 0 aliphatic carbocycles. The van der Waals surface area contributed by atoms with Gasteiger partial charge in [0.1, 0.15) is 39.6 Å². The van der Waals surface area contributed by atoms with Crippen LogP contribution in [0.15, 0.2) is 118 Å². The number of aromatic amines is 1. The molecule has 0 spiro atoms. The number of hydrogen-bond donors (Lipinski definition) is 7. The highest BCUT2D eigenvalue weighted by molar-refractivity contribution is 9.11. The van der Waals surface area contributed by atoms with Crippen molar-refractivity contribution in [2.75, 3.05) is 54.9 Å². The number of nitrogens with one attached hydrogen (secondary N) is 3. The zero-order valence-electron chi connectivity index (χ0n) is 46.1. The summed E-state index contributed by atoms with van der Waals surface area (Å²) in [6.07, 6.45) is 7.08. The highest BCUT2D eigenvalue weighted by atomic mass is 79.9. The van der Waals surface area contributed by atoms with Crippen LogP contribution in [0.5, 0.6) is 17.6 Å². The summed E-state index contributed by atoms with van der Waals surface area (Å²) in [6.45, 7) is 24.7. The van der Waals surface area contributed by atoms with Crippen molar-refractivity contribution in [1.29, 1.82) is 0 Å². The molecule has 0 saturated carbocycles. The molecule has 22 nitrogen and oxygen atoms in total. The van der Waals surface area contributed by atoms with Crippen molar-refractivity contribution in [2.24, 2.45) is 0 Å². The first-order valence-electron chi connectivity index (χ1n) is 23.0. The summed E-state index contributed by atoms with van der Waals surface area (Å²) >= 11 is 3.08. The van der Waals surface area contributed by atoms with E-state index in [1.165, 1.54) is 54.2 Å². The fourth-order valence-electron chi connectivity index (χ4n) is 4.98. The van der Waals surface area contributed by atoms with Gasteiger partial charge in [-0.05, 0) is 122 Å². The minimum absolute atomic E-state index is 0.000370. The number of H-pyrrole nitrogens is 1. The van der Waals surface area contributed by atoms with Crippen LogP contribution in [0.2, 0.25) is 0 Å². The van der Waals surface area contributed by atoms with Crippen LogP contribution in [0.25, 0.3) is 5.70 Å². The lowest BCUT2D eigenvalue weighted by atomic mass is 10.2. The van der Waals surface area contributed by atoms with Gasteiger partial charge in [0.2, 0.25) is 17.6 Å². The van der Waals surface area contributed by atoms with Crippen molar-refractivity contribution >= 4 is 67.9 Å². The molecule has 0 radical (unpaired) electrons. The van der Waals surface area contributed by atoms with Gasteiger partial charge in [0.25, 0.3) is 16.7 Å². The Morgan fingerprint density at radius 3 is 1.54 bits per heavy atom. The number of ether oxygens (including phenoxy) is 5. The van der Waals surface area contributed by atoms with Gasteiger partial charge in [-0.15, -0.1) is 0 Å². The molecule has 0 atom stereocenters. The van der Waals surface area contributed by atoms with Crippen LogP contribution < -0.4 is 64.5 Å². The first-order valence-corrected chi connectivity index (χ1v) is 23.8. The Labute approximate surface area is 463 Å². The van der Waals surface area contributed by atoms with Crippen LogP contribution in [0.3, 0.4) is 0 Å². The van der Waals surface area contributed by atoms with E-state index in [9.17, 15) is 41.5 Å². The zero-order chi connectivity index (χ0) is 61.0. The molecule has 0 saturated heterocycles. The molecule has 6 aromatic heterocycles. The molecule has 11 N–H and O–H groups in total. The Hall–Kier alpha value is -8.88. The van der Waals surface area contributed by atoms with E-state index in [-0.39, 0.29) is 34.7 Å². The van der Waals surface area contributed by atoms with Crippen LogP contribution in [0, 0.1) is 23.3 Å². The summed E-state index contributed by atoms with van der Waals surface area (Å²) in [5.41, 5.74) is 18.4. The van der Waals surface area contributed by atoms with Crippen molar-refractivity contribution < 1.29 is 50.8 Å². The van der Waals surface area contributed by atoms with E-state index in [0.717, 1.165) is 22.7 Å². The molecular weight excluding hydrogens is 1110 g/mol. The fraction of sp³-hybridized carbons (Fsp3) is 0.308. The Kier molecular flexibility index (Phi) is 30.2. The number of amides is 2. The van der Waals surface area contributed by atoms with E-state index in [1.54, 1.807) is 92.2 Å². The lowest BCUT2D eigenvalue weighted by molar-refractivity contribution is 0.0623. The normalized spacial score (nSPS) is 10.1. The molecule has 6 rings (SSSR count). The smallest absolute Gasteiger partial charge is 0.412 e. The number of aromatic nitrogens is 6. The quantitative estimate of drug-likeness (QED) is 0.0731. The van der Waals surface area contributed by atoms with E-state index >= 15 is 0 Å². The van der Waals surface area contributed by atoms with Gasteiger partial charge in [-0.1, -0.05) is 29.1 Å². The van der Waals surface area contributed by atoms with Crippen molar-refractivity contribution in [3.8, 4) is 17.6 Å². The fourth-order valence-corrected chi connectivity index (χ4v) is 4.98. The second-order valence-electron chi connectivity index (χ2n) is 17.7. The third kappa shape index (κ3) is 27.1. The maximum atomic E-state index is 13.4. The Morgan fingerprint density at radius 2 is 1.10 bits per heavy atom. The number of nitrogens with zero attached hydrogens (tertiary/aromatic N) is 5. The Balaban J connectivity index is 0.000000923. The second kappa shape index (κ2) is 34.0. The van der Waals surface area contributed by atoms with Gasteiger partial charge in [-0.25, -0.2) is 42.1 Å². The van der Waals surface area contributed by atoms with Crippen molar-refractivity contribution in [1.82, 2.24) is 29.1 Å². The number of hydrogen-bond acceptors (Lipinski definition) is 17. The SMILES string of the molecule is C=C(C)Br.C=C(C)n1ccc(F)c(N)c1=O.CC(C)n1ccc(F)c(N)c1=O.COc1nccc(F)c1NC(=O)OC(C)(C)C.COc1ncccc1N.COc1ncccc1NC(=O)OC(C)(C)C.Nc1c(F)cc[nH]c1=O. The van der Waals surface area contributed by atoms with Crippen LogP contribution in [-0.2, 0) is 9.47 Å². The standard InChI is InChI=1S/C11H15FN2O3.C11H16N2O3.C8H11FN2O.C8H9FN2O.C6H8N2O.C5H5FN2O.C3H5Br/c1-11(2,3)17-10(15)14-8-7(12)5-6-13-9(8)16-4;1-11(2,3)16-10(14)13-8-6-5-7-12-9(8)15-4;2*1-5(2)11-4-3-6(9)7(10)8(11)12;1-9-6-5(7)3-2-4-8-6;6-3-1-2-8-5(9)4(3)7;1-3(2)4/h5-6H,1-4H3,(H,14,15);5-7H,1-4H3,(H,13,14);3-5H,10H2,1-2H3;3-4H,1,10H2,2H3;2-4H,7H2,1H3;1-2H,7H2,(H,8,9);1H2,2H3. The number of carbonyl (C=O) groups is 2. The monoisotopic (exact) mass is 1180 g/mol. The molecule has 79 heavy (non-hydrogen) atoms. The summed E-state index contributed by atoms with van der Waals surface area (Å²) in [4.78, 5) is 69.6. The van der Waals surface area contributed by atoms with Gasteiger partial charge in [-0.2, -0.15) is 0 Å². The van der Waals surface area contributed by atoms with E-state index in [2.05, 4.69) is 59.7 Å². The molecule has 0 aromatic carbocycles. The van der Waals surface area contributed by atoms with Gasteiger partial charge in [0.05, 0.1) is 27.0 Å². The average Bonchev–Trinajstić information content (AvgIpc) is 3.34. The number of halogens is 5. The summed E-state index contributed by atoms with van der Waals surface area (Å²) in [6, 6.07) is 11.4. The largest absolute Gasteiger partial charge is 0.480 e. The summed E-state index contributed by atoms with van der Waals surface area (Å²) < 4.78 is 79.3. The van der Waals surface area contributed by atoms with Crippen LogP contribution in [0.1, 0.15) is 75.3 Å². The van der Waals surface area contributed by atoms with Crippen LogP contribution in [-0.4, -0.2) is 73.8 Å².